The number of hydrogen-bond acceptors (Lipinski definition) is 3. The van der Waals surface area contributed by atoms with Crippen LogP contribution in [-0.2, 0) is 0 Å². The summed E-state index contributed by atoms with van der Waals surface area (Å²) >= 11 is 2.15. The van der Waals surface area contributed by atoms with Gasteiger partial charge in [-0.05, 0) is 65.1 Å². The second-order valence-electron chi connectivity index (χ2n) is 4.07. The molecule has 6 heteroatoms. The summed E-state index contributed by atoms with van der Waals surface area (Å²) in [4.78, 5) is 11.9. The van der Waals surface area contributed by atoms with Gasteiger partial charge in [-0.3, -0.25) is 4.79 Å². The Balaban J connectivity index is 1.94. The Hall–Kier alpha value is -1.70. The highest BCUT2D eigenvalue weighted by molar-refractivity contribution is 14.1. The summed E-state index contributed by atoms with van der Waals surface area (Å²) in [6.45, 7) is -3.00. The summed E-state index contributed by atoms with van der Waals surface area (Å²) in [6, 6.07) is 12.8. The van der Waals surface area contributed by atoms with Crippen LogP contribution in [0.5, 0.6) is 11.5 Å². The molecule has 0 atom stereocenters. The number of hydrogen-bond donors (Lipinski definition) is 0. The summed E-state index contributed by atoms with van der Waals surface area (Å²) in [5.74, 6) is 0.380. The van der Waals surface area contributed by atoms with Gasteiger partial charge in [0.25, 0.3) is 0 Å². The fourth-order valence-corrected chi connectivity index (χ4v) is 2.13. The molecular weight excluding hydrogens is 393 g/mol. The number of benzene rings is 2. The molecule has 0 bridgehead atoms. The normalized spacial score (nSPS) is 10.5. The fraction of sp³-hybridized carbons (Fsp3) is 0.133. The van der Waals surface area contributed by atoms with Crippen LogP contribution in [0.1, 0.15) is 10.4 Å². The molecule has 0 fully saturated rings. The molecule has 0 aliphatic carbocycles. The SMILES string of the molecule is O=C(COc1cccc(I)c1)c1ccc(OC(F)F)cc1. The van der Waals surface area contributed by atoms with Crippen LogP contribution in [0.15, 0.2) is 48.5 Å². The topological polar surface area (TPSA) is 35.5 Å². The van der Waals surface area contributed by atoms with Gasteiger partial charge in [0.15, 0.2) is 12.4 Å². The Kier molecular flexibility index (Phi) is 5.49. The Morgan fingerprint density at radius 3 is 2.43 bits per heavy atom. The van der Waals surface area contributed by atoms with E-state index in [0.717, 1.165) is 3.57 Å². The van der Waals surface area contributed by atoms with Crippen molar-refractivity contribution in [2.24, 2.45) is 0 Å². The van der Waals surface area contributed by atoms with Crippen molar-refractivity contribution >= 4 is 28.4 Å². The zero-order valence-corrected chi connectivity index (χ0v) is 12.9. The van der Waals surface area contributed by atoms with Crippen LogP contribution in [0.2, 0.25) is 0 Å². The molecule has 0 unspecified atom stereocenters. The summed E-state index contributed by atoms with van der Waals surface area (Å²) in [5.41, 5.74) is 0.377. The van der Waals surface area contributed by atoms with Gasteiger partial charge in [-0.2, -0.15) is 8.78 Å². The van der Waals surface area contributed by atoms with Crippen LogP contribution >= 0.6 is 22.6 Å². The standard InChI is InChI=1S/C15H11F2IO3/c16-15(17)21-12-6-4-10(5-7-12)14(19)9-20-13-3-1-2-11(18)8-13/h1-8,15H,9H2. The van der Waals surface area contributed by atoms with Gasteiger partial charge in [-0.1, -0.05) is 6.07 Å². The van der Waals surface area contributed by atoms with Crippen LogP contribution < -0.4 is 9.47 Å². The summed E-state index contributed by atoms with van der Waals surface area (Å²) in [7, 11) is 0. The van der Waals surface area contributed by atoms with E-state index in [2.05, 4.69) is 27.3 Å². The Morgan fingerprint density at radius 2 is 1.81 bits per heavy atom. The second kappa shape index (κ2) is 7.35. The molecule has 0 aliphatic heterocycles. The first-order chi connectivity index (χ1) is 10.0. The van der Waals surface area contributed by atoms with Gasteiger partial charge >= 0.3 is 6.61 Å². The number of Topliss-reactive ketones (excluding diaryl/α,β-unsaturated/α-hetero) is 1. The molecule has 2 aromatic carbocycles. The fourth-order valence-electron chi connectivity index (χ4n) is 1.61. The zero-order chi connectivity index (χ0) is 15.2. The third-order valence-corrected chi connectivity index (χ3v) is 3.24. The Labute approximate surface area is 134 Å². The van der Waals surface area contributed by atoms with Crippen molar-refractivity contribution < 1.29 is 23.0 Å². The van der Waals surface area contributed by atoms with Crippen LogP contribution in [0.25, 0.3) is 0 Å². The predicted octanol–water partition coefficient (Wildman–Crippen LogP) is 4.15. The molecule has 21 heavy (non-hydrogen) atoms. The lowest BCUT2D eigenvalue weighted by molar-refractivity contribution is -0.0498. The average Bonchev–Trinajstić information content (AvgIpc) is 2.45. The average molecular weight is 404 g/mol. The van der Waals surface area contributed by atoms with Crippen molar-refractivity contribution in [3.63, 3.8) is 0 Å². The van der Waals surface area contributed by atoms with Gasteiger partial charge in [0.05, 0.1) is 0 Å². The van der Waals surface area contributed by atoms with E-state index < -0.39 is 6.61 Å². The highest BCUT2D eigenvalue weighted by Crippen LogP contribution is 2.17. The molecule has 0 N–H and O–H groups in total. The number of carbonyl (C=O) groups is 1. The van der Waals surface area contributed by atoms with Crippen molar-refractivity contribution in [3.8, 4) is 11.5 Å². The van der Waals surface area contributed by atoms with E-state index in [1.54, 1.807) is 6.07 Å². The molecule has 0 aromatic heterocycles. The summed E-state index contributed by atoms with van der Waals surface area (Å²) in [6.07, 6.45) is 0. The molecule has 0 aliphatic rings. The van der Waals surface area contributed by atoms with Crippen molar-refractivity contribution in [2.75, 3.05) is 6.61 Å². The van der Waals surface area contributed by atoms with Crippen molar-refractivity contribution in [2.45, 2.75) is 6.61 Å². The molecule has 0 saturated heterocycles. The molecule has 2 rings (SSSR count). The number of halogens is 3. The first kappa shape index (κ1) is 15.7. The van der Waals surface area contributed by atoms with Gasteiger partial charge in [0, 0.05) is 9.13 Å². The molecule has 3 nitrogen and oxygen atoms in total. The molecule has 0 amide bonds. The maximum Gasteiger partial charge on any atom is 0.387 e. The lowest BCUT2D eigenvalue weighted by atomic mass is 10.1. The quantitative estimate of drug-likeness (QED) is 0.536. The van der Waals surface area contributed by atoms with Gasteiger partial charge < -0.3 is 9.47 Å². The lowest BCUT2D eigenvalue weighted by Gasteiger charge is -2.07. The minimum Gasteiger partial charge on any atom is -0.485 e. The Bertz CT molecular complexity index is 615. The van der Waals surface area contributed by atoms with E-state index in [-0.39, 0.29) is 18.1 Å². The smallest absolute Gasteiger partial charge is 0.387 e. The van der Waals surface area contributed by atoms with E-state index >= 15 is 0 Å². The molecule has 0 spiro atoms. The largest absolute Gasteiger partial charge is 0.485 e. The van der Waals surface area contributed by atoms with Gasteiger partial charge in [0.1, 0.15) is 11.5 Å². The first-order valence-electron chi connectivity index (χ1n) is 6.01. The van der Waals surface area contributed by atoms with Gasteiger partial charge in [0.2, 0.25) is 0 Å². The van der Waals surface area contributed by atoms with Crippen LogP contribution in [-0.4, -0.2) is 19.0 Å². The number of ketones is 1. The monoisotopic (exact) mass is 404 g/mol. The van der Waals surface area contributed by atoms with E-state index in [4.69, 9.17) is 4.74 Å². The van der Waals surface area contributed by atoms with E-state index in [1.807, 2.05) is 18.2 Å². The van der Waals surface area contributed by atoms with E-state index in [1.165, 1.54) is 24.3 Å². The number of rotatable bonds is 6. The summed E-state index contributed by atoms with van der Waals surface area (Å²) in [5, 5.41) is 0. The van der Waals surface area contributed by atoms with Crippen molar-refractivity contribution in [1.82, 2.24) is 0 Å². The van der Waals surface area contributed by atoms with Gasteiger partial charge in [-0.25, -0.2) is 0 Å². The maximum absolute atomic E-state index is 12.0. The molecule has 0 radical (unpaired) electrons. The van der Waals surface area contributed by atoms with Crippen molar-refractivity contribution in [1.29, 1.82) is 0 Å². The highest BCUT2D eigenvalue weighted by Gasteiger charge is 2.09. The minimum absolute atomic E-state index is 0.0140. The van der Waals surface area contributed by atoms with Crippen LogP contribution in [0.3, 0.4) is 0 Å². The van der Waals surface area contributed by atoms with Gasteiger partial charge in [-0.15, -0.1) is 0 Å². The lowest BCUT2D eigenvalue weighted by Crippen LogP contribution is -2.11. The maximum atomic E-state index is 12.0. The third kappa shape index (κ3) is 4.96. The summed E-state index contributed by atoms with van der Waals surface area (Å²) < 4.78 is 34.6. The molecule has 110 valence electrons. The first-order valence-corrected chi connectivity index (χ1v) is 7.09. The van der Waals surface area contributed by atoms with Crippen molar-refractivity contribution in [3.05, 3.63) is 57.7 Å². The molecular formula is C15H11F2IO3. The molecule has 2 aromatic rings. The van der Waals surface area contributed by atoms with Crippen LogP contribution in [0.4, 0.5) is 8.78 Å². The number of ether oxygens (including phenoxy) is 2. The van der Waals surface area contributed by atoms with Crippen LogP contribution in [0, 0.1) is 3.57 Å². The Morgan fingerprint density at radius 1 is 1.10 bits per heavy atom. The van der Waals surface area contributed by atoms with E-state index in [0.29, 0.717) is 11.3 Å². The zero-order valence-electron chi connectivity index (χ0n) is 10.8. The minimum atomic E-state index is -2.88. The number of carbonyl (C=O) groups excluding carboxylic acids is 1. The molecule has 0 heterocycles. The predicted molar refractivity (Wildman–Crippen MR) is 82.1 cm³/mol. The van der Waals surface area contributed by atoms with E-state index in [9.17, 15) is 13.6 Å². The number of alkyl halides is 2. The third-order valence-electron chi connectivity index (χ3n) is 2.57. The second-order valence-corrected chi connectivity index (χ2v) is 5.32. The highest BCUT2D eigenvalue weighted by atomic mass is 127. The molecule has 0 saturated carbocycles.